The van der Waals surface area contributed by atoms with Gasteiger partial charge in [0, 0.05) is 16.7 Å². The summed E-state index contributed by atoms with van der Waals surface area (Å²) in [6.07, 6.45) is 0. The van der Waals surface area contributed by atoms with Crippen LogP contribution in [0, 0.1) is 11.3 Å². The van der Waals surface area contributed by atoms with E-state index in [4.69, 9.17) is 16.9 Å². The maximum absolute atomic E-state index is 8.90. The molecule has 90 valence electrons. The van der Waals surface area contributed by atoms with Crippen molar-refractivity contribution in [1.29, 1.82) is 5.26 Å². The SMILES string of the molecule is N#Cc1cc(NCc2cccc(Br)c2)ccc1Cl. The van der Waals surface area contributed by atoms with Gasteiger partial charge in [0.1, 0.15) is 6.07 Å². The van der Waals surface area contributed by atoms with Crippen LogP contribution in [0.25, 0.3) is 0 Å². The predicted molar refractivity (Wildman–Crippen MR) is 77.6 cm³/mol. The van der Waals surface area contributed by atoms with Gasteiger partial charge in [-0.15, -0.1) is 0 Å². The summed E-state index contributed by atoms with van der Waals surface area (Å²) in [6.45, 7) is 0.700. The van der Waals surface area contributed by atoms with Crippen LogP contribution in [-0.4, -0.2) is 0 Å². The normalized spacial score (nSPS) is 9.83. The van der Waals surface area contributed by atoms with Crippen LogP contribution in [-0.2, 0) is 6.54 Å². The van der Waals surface area contributed by atoms with Gasteiger partial charge < -0.3 is 5.32 Å². The number of nitrogens with zero attached hydrogens (tertiary/aromatic N) is 1. The van der Waals surface area contributed by atoms with Crippen LogP contribution in [0.15, 0.2) is 46.9 Å². The number of halogens is 2. The number of hydrogen-bond donors (Lipinski definition) is 1. The van der Waals surface area contributed by atoms with Gasteiger partial charge in [-0.1, -0.05) is 39.7 Å². The zero-order valence-corrected chi connectivity index (χ0v) is 11.8. The number of nitrogens with one attached hydrogen (secondary N) is 1. The van der Waals surface area contributed by atoms with E-state index in [9.17, 15) is 0 Å². The molecule has 0 atom stereocenters. The predicted octanol–water partition coefficient (Wildman–Crippen LogP) is 4.59. The molecule has 2 nitrogen and oxygen atoms in total. The van der Waals surface area contributed by atoms with E-state index in [1.807, 2.05) is 30.3 Å². The molecule has 1 N–H and O–H groups in total. The maximum Gasteiger partial charge on any atom is 0.101 e. The van der Waals surface area contributed by atoms with E-state index in [-0.39, 0.29) is 0 Å². The quantitative estimate of drug-likeness (QED) is 0.897. The number of benzene rings is 2. The molecule has 0 spiro atoms. The minimum absolute atomic E-state index is 0.477. The molecule has 0 unspecified atom stereocenters. The van der Waals surface area contributed by atoms with Gasteiger partial charge in [-0.2, -0.15) is 5.26 Å². The molecule has 2 rings (SSSR count). The van der Waals surface area contributed by atoms with Crippen molar-refractivity contribution in [3.8, 4) is 6.07 Å². The standard InChI is InChI=1S/C14H10BrClN2/c15-12-3-1-2-10(6-12)9-18-13-4-5-14(16)11(7-13)8-17/h1-7,18H,9H2. The number of anilines is 1. The van der Waals surface area contributed by atoms with Gasteiger partial charge in [0.15, 0.2) is 0 Å². The lowest BCUT2D eigenvalue weighted by Crippen LogP contribution is -1.99. The van der Waals surface area contributed by atoms with Gasteiger partial charge in [0.2, 0.25) is 0 Å². The monoisotopic (exact) mass is 320 g/mol. The first-order valence-corrected chi connectivity index (χ1v) is 6.54. The lowest BCUT2D eigenvalue weighted by atomic mass is 10.2. The minimum atomic E-state index is 0.477. The van der Waals surface area contributed by atoms with Gasteiger partial charge in [-0.05, 0) is 35.9 Å². The molecule has 0 saturated heterocycles. The fraction of sp³-hybridized carbons (Fsp3) is 0.0714. The Kier molecular flexibility index (Phi) is 4.24. The molecular formula is C14H10BrClN2. The fourth-order valence-corrected chi connectivity index (χ4v) is 2.18. The van der Waals surface area contributed by atoms with Crippen molar-refractivity contribution in [2.24, 2.45) is 0 Å². The molecule has 0 aliphatic carbocycles. The Balaban J connectivity index is 2.09. The Hall–Kier alpha value is -1.50. The molecule has 0 aromatic heterocycles. The van der Waals surface area contributed by atoms with E-state index in [1.165, 1.54) is 0 Å². The molecule has 2 aromatic rings. The summed E-state index contributed by atoms with van der Waals surface area (Å²) in [7, 11) is 0. The number of nitriles is 1. The van der Waals surface area contributed by atoms with Crippen LogP contribution in [0.2, 0.25) is 5.02 Å². The molecule has 0 heterocycles. The topological polar surface area (TPSA) is 35.8 Å². The summed E-state index contributed by atoms with van der Waals surface area (Å²) in [5.41, 5.74) is 2.53. The summed E-state index contributed by atoms with van der Waals surface area (Å²) in [4.78, 5) is 0. The first kappa shape index (κ1) is 12.9. The van der Waals surface area contributed by atoms with Gasteiger partial charge in [0.05, 0.1) is 10.6 Å². The molecule has 0 bridgehead atoms. The number of hydrogen-bond acceptors (Lipinski definition) is 2. The average molecular weight is 322 g/mol. The molecule has 4 heteroatoms. The zero-order chi connectivity index (χ0) is 13.0. The Morgan fingerprint density at radius 3 is 2.78 bits per heavy atom. The van der Waals surface area contributed by atoms with E-state index in [1.54, 1.807) is 12.1 Å². The van der Waals surface area contributed by atoms with Crippen molar-refractivity contribution in [3.63, 3.8) is 0 Å². The number of rotatable bonds is 3. The Bertz CT molecular complexity index is 605. The summed E-state index contributed by atoms with van der Waals surface area (Å²) in [5.74, 6) is 0. The zero-order valence-electron chi connectivity index (χ0n) is 9.45. The molecule has 2 aromatic carbocycles. The summed E-state index contributed by atoms with van der Waals surface area (Å²) in [6, 6.07) is 15.5. The summed E-state index contributed by atoms with van der Waals surface area (Å²) in [5, 5.41) is 12.6. The third-order valence-corrected chi connectivity index (χ3v) is 3.30. The molecule has 0 aliphatic rings. The van der Waals surface area contributed by atoms with Crippen molar-refractivity contribution in [1.82, 2.24) is 0 Å². The Morgan fingerprint density at radius 2 is 2.06 bits per heavy atom. The lowest BCUT2D eigenvalue weighted by molar-refractivity contribution is 1.15. The highest BCUT2D eigenvalue weighted by molar-refractivity contribution is 9.10. The van der Waals surface area contributed by atoms with Gasteiger partial charge in [-0.25, -0.2) is 0 Å². The summed E-state index contributed by atoms with van der Waals surface area (Å²) >= 11 is 9.31. The third-order valence-electron chi connectivity index (χ3n) is 2.47. The molecule has 18 heavy (non-hydrogen) atoms. The van der Waals surface area contributed by atoms with Gasteiger partial charge >= 0.3 is 0 Å². The first-order valence-electron chi connectivity index (χ1n) is 5.37. The van der Waals surface area contributed by atoms with Crippen LogP contribution >= 0.6 is 27.5 Å². The van der Waals surface area contributed by atoms with E-state index in [0.29, 0.717) is 17.1 Å². The smallest absolute Gasteiger partial charge is 0.101 e. The van der Waals surface area contributed by atoms with Crippen LogP contribution in [0.4, 0.5) is 5.69 Å². The molecule has 0 saturated carbocycles. The fourth-order valence-electron chi connectivity index (χ4n) is 1.57. The largest absolute Gasteiger partial charge is 0.381 e. The van der Waals surface area contributed by atoms with E-state index in [0.717, 1.165) is 15.7 Å². The maximum atomic E-state index is 8.90. The van der Waals surface area contributed by atoms with Crippen molar-refractivity contribution in [2.45, 2.75) is 6.54 Å². The second kappa shape index (κ2) is 5.90. The lowest BCUT2D eigenvalue weighted by Gasteiger charge is -2.07. The highest BCUT2D eigenvalue weighted by atomic mass is 79.9. The molecule has 0 radical (unpaired) electrons. The molecule has 0 fully saturated rings. The van der Waals surface area contributed by atoms with Crippen molar-refractivity contribution in [2.75, 3.05) is 5.32 Å². The average Bonchev–Trinajstić information content (AvgIpc) is 2.38. The van der Waals surface area contributed by atoms with Crippen molar-refractivity contribution in [3.05, 3.63) is 63.1 Å². The highest BCUT2D eigenvalue weighted by Gasteiger charge is 2.01. The molecular weight excluding hydrogens is 312 g/mol. The van der Waals surface area contributed by atoms with Crippen molar-refractivity contribution >= 4 is 33.2 Å². The highest BCUT2D eigenvalue weighted by Crippen LogP contribution is 2.20. The third kappa shape index (κ3) is 3.25. The van der Waals surface area contributed by atoms with Crippen LogP contribution in [0.3, 0.4) is 0 Å². The van der Waals surface area contributed by atoms with Gasteiger partial charge in [-0.3, -0.25) is 0 Å². The summed E-state index contributed by atoms with van der Waals surface area (Å²) < 4.78 is 1.05. The second-order valence-electron chi connectivity index (χ2n) is 3.79. The van der Waals surface area contributed by atoms with Crippen molar-refractivity contribution < 1.29 is 0 Å². The Labute approximate surface area is 119 Å². The minimum Gasteiger partial charge on any atom is -0.381 e. The van der Waals surface area contributed by atoms with E-state index < -0.39 is 0 Å². The van der Waals surface area contributed by atoms with E-state index >= 15 is 0 Å². The Morgan fingerprint density at radius 1 is 1.22 bits per heavy atom. The van der Waals surface area contributed by atoms with Crippen LogP contribution < -0.4 is 5.32 Å². The van der Waals surface area contributed by atoms with E-state index in [2.05, 4.69) is 27.3 Å². The van der Waals surface area contributed by atoms with Crippen LogP contribution in [0.5, 0.6) is 0 Å². The van der Waals surface area contributed by atoms with Gasteiger partial charge in [0.25, 0.3) is 0 Å². The van der Waals surface area contributed by atoms with Crippen LogP contribution in [0.1, 0.15) is 11.1 Å². The first-order chi connectivity index (χ1) is 8.69. The second-order valence-corrected chi connectivity index (χ2v) is 5.11. The molecule has 0 aliphatic heterocycles. The molecule has 0 amide bonds.